The van der Waals surface area contributed by atoms with Crippen LogP contribution in [0.5, 0.6) is 0 Å². The van der Waals surface area contributed by atoms with Gasteiger partial charge in [0.25, 0.3) is 10.1 Å². The van der Waals surface area contributed by atoms with Gasteiger partial charge >= 0.3 is 0 Å². The smallest absolute Gasteiger partial charge is 0.267 e. The lowest BCUT2D eigenvalue weighted by Gasteiger charge is -1.98. The highest BCUT2D eigenvalue weighted by Gasteiger charge is 2.06. The summed E-state index contributed by atoms with van der Waals surface area (Å²) in [6.07, 6.45) is 2.28. The van der Waals surface area contributed by atoms with Crippen molar-refractivity contribution in [2.75, 3.05) is 12.9 Å². The van der Waals surface area contributed by atoms with Gasteiger partial charge in [0.05, 0.1) is 12.9 Å². The zero-order valence-corrected chi connectivity index (χ0v) is 7.26. The SMILES string of the molecule is COS(=O)(=O)CCCCC=O. The Bertz CT molecular complexity index is 195. The molecule has 11 heavy (non-hydrogen) atoms. The first kappa shape index (κ1) is 10.6. The predicted molar refractivity (Wildman–Crippen MR) is 40.7 cm³/mol. The highest BCUT2D eigenvalue weighted by atomic mass is 32.2. The molecule has 0 radical (unpaired) electrons. The second kappa shape index (κ2) is 5.26. The molecule has 0 aliphatic rings. The summed E-state index contributed by atoms with van der Waals surface area (Å²) in [6, 6.07) is 0. The molecule has 0 aliphatic carbocycles. The summed E-state index contributed by atoms with van der Waals surface area (Å²) in [5.41, 5.74) is 0. The van der Waals surface area contributed by atoms with Crippen LogP contribution in [0.4, 0.5) is 0 Å². The van der Waals surface area contributed by atoms with Gasteiger partial charge < -0.3 is 4.79 Å². The lowest BCUT2D eigenvalue weighted by Crippen LogP contribution is -2.07. The molecule has 0 atom stereocenters. The maximum Gasteiger partial charge on any atom is 0.267 e. The highest BCUT2D eigenvalue weighted by molar-refractivity contribution is 7.86. The molecule has 0 aromatic carbocycles. The molecule has 66 valence electrons. The van der Waals surface area contributed by atoms with Gasteiger partial charge in [0.1, 0.15) is 6.29 Å². The monoisotopic (exact) mass is 180 g/mol. The predicted octanol–water partition coefficient (Wildman–Crippen LogP) is 0.332. The molecule has 0 amide bonds. The third-order valence-corrected chi connectivity index (χ3v) is 2.52. The van der Waals surface area contributed by atoms with Gasteiger partial charge in [-0.1, -0.05) is 0 Å². The van der Waals surface area contributed by atoms with E-state index in [0.717, 1.165) is 13.4 Å². The van der Waals surface area contributed by atoms with Crippen molar-refractivity contribution in [2.45, 2.75) is 19.3 Å². The molecule has 0 bridgehead atoms. The van der Waals surface area contributed by atoms with Crippen LogP contribution in [0.15, 0.2) is 0 Å². The van der Waals surface area contributed by atoms with Crippen molar-refractivity contribution >= 4 is 16.4 Å². The van der Waals surface area contributed by atoms with Gasteiger partial charge in [0.15, 0.2) is 0 Å². The summed E-state index contributed by atoms with van der Waals surface area (Å²) in [6.45, 7) is 0. The minimum atomic E-state index is -3.32. The first-order valence-corrected chi connectivity index (χ1v) is 4.92. The largest absolute Gasteiger partial charge is 0.303 e. The van der Waals surface area contributed by atoms with Crippen molar-refractivity contribution in [3.05, 3.63) is 0 Å². The molecule has 0 saturated heterocycles. The Kier molecular flexibility index (Phi) is 5.06. The van der Waals surface area contributed by atoms with Gasteiger partial charge in [-0.05, 0) is 12.8 Å². The first-order chi connectivity index (χ1) is 5.12. The lowest BCUT2D eigenvalue weighted by atomic mass is 10.3. The van der Waals surface area contributed by atoms with Crippen molar-refractivity contribution in [1.82, 2.24) is 0 Å². The Morgan fingerprint density at radius 2 is 2.00 bits per heavy atom. The molecule has 0 fully saturated rings. The number of carbonyl (C=O) groups excluding carboxylic acids is 1. The fraction of sp³-hybridized carbons (Fsp3) is 0.833. The minimum absolute atomic E-state index is 0.00264. The molecule has 0 N–H and O–H groups in total. The van der Waals surface area contributed by atoms with Gasteiger partial charge in [-0.25, -0.2) is 0 Å². The van der Waals surface area contributed by atoms with Gasteiger partial charge in [0, 0.05) is 6.42 Å². The zero-order chi connectivity index (χ0) is 8.74. The molecular weight excluding hydrogens is 168 g/mol. The maximum atomic E-state index is 10.7. The van der Waals surface area contributed by atoms with E-state index in [1.54, 1.807) is 0 Å². The summed E-state index contributed by atoms with van der Waals surface area (Å²) in [4.78, 5) is 9.82. The van der Waals surface area contributed by atoms with Crippen LogP contribution < -0.4 is 0 Å². The summed E-state index contributed by atoms with van der Waals surface area (Å²) >= 11 is 0. The van der Waals surface area contributed by atoms with E-state index in [9.17, 15) is 13.2 Å². The molecule has 0 rings (SSSR count). The maximum absolute atomic E-state index is 10.7. The molecular formula is C6H12O4S. The van der Waals surface area contributed by atoms with E-state index in [2.05, 4.69) is 4.18 Å². The Hall–Kier alpha value is -0.420. The van der Waals surface area contributed by atoms with E-state index in [4.69, 9.17) is 0 Å². The fourth-order valence-electron chi connectivity index (χ4n) is 0.590. The van der Waals surface area contributed by atoms with E-state index in [1.807, 2.05) is 0 Å². The number of hydrogen-bond donors (Lipinski definition) is 0. The Balaban J connectivity index is 3.46. The average molecular weight is 180 g/mol. The normalized spacial score (nSPS) is 11.4. The number of unbranched alkanes of at least 4 members (excludes halogenated alkanes) is 2. The zero-order valence-electron chi connectivity index (χ0n) is 6.45. The summed E-state index contributed by atoms with van der Waals surface area (Å²) in [5.74, 6) is -0.00264. The van der Waals surface area contributed by atoms with Gasteiger partial charge in [-0.2, -0.15) is 8.42 Å². The van der Waals surface area contributed by atoms with Gasteiger partial charge in [-0.15, -0.1) is 0 Å². The third kappa shape index (κ3) is 6.00. The first-order valence-electron chi connectivity index (χ1n) is 3.34. The van der Waals surface area contributed by atoms with Crippen LogP contribution in [0.25, 0.3) is 0 Å². The number of hydrogen-bond acceptors (Lipinski definition) is 4. The van der Waals surface area contributed by atoms with E-state index in [-0.39, 0.29) is 5.75 Å². The molecule has 0 aliphatic heterocycles. The van der Waals surface area contributed by atoms with Crippen LogP contribution in [-0.2, 0) is 19.1 Å². The second-order valence-corrected chi connectivity index (χ2v) is 3.95. The quantitative estimate of drug-likeness (QED) is 0.336. The van der Waals surface area contributed by atoms with Crippen LogP contribution in [0.3, 0.4) is 0 Å². The molecule has 0 heterocycles. The van der Waals surface area contributed by atoms with Crippen LogP contribution in [0.1, 0.15) is 19.3 Å². The third-order valence-electron chi connectivity index (χ3n) is 1.22. The number of rotatable bonds is 6. The standard InChI is InChI=1S/C6H12O4S/c1-10-11(8,9)6-4-2-3-5-7/h5H,2-4,6H2,1H3. The van der Waals surface area contributed by atoms with Crippen molar-refractivity contribution in [2.24, 2.45) is 0 Å². The Labute approximate surface area is 66.7 Å². The van der Waals surface area contributed by atoms with Crippen molar-refractivity contribution in [3.63, 3.8) is 0 Å². The average Bonchev–Trinajstić information content (AvgIpc) is 1.99. The van der Waals surface area contributed by atoms with Gasteiger partial charge in [-0.3, -0.25) is 4.18 Å². The lowest BCUT2D eigenvalue weighted by molar-refractivity contribution is -0.107. The molecule has 4 nitrogen and oxygen atoms in total. The molecule has 5 heteroatoms. The molecule has 0 saturated carbocycles. The van der Waals surface area contributed by atoms with Crippen molar-refractivity contribution in [1.29, 1.82) is 0 Å². The van der Waals surface area contributed by atoms with Crippen LogP contribution in [0, 0.1) is 0 Å². The summed E-state index contributed by atoms with van der Waals surface area (Å²) < 4.78 is 25.5. The summed E-state index contributed by atoms with van der Waals surface area (Å²) in [7, 11) is -2.18. The number of carbonyl (C=O) groups is 1. The Morgan fingerprint density at radius 1 is 1.36 bits per heavy atom. The fourth-order valence-corrected chi connectivity index (χ4v) is 1.31. The minimum Gasteiger partial charge on any atom is -0.303 e. The van der Waals surface area contributed by atoms with Gasteiger partial charge in [0.2, 0.25) is 0 Å². The van der Waals surface area contributed by atoms with E-state index >= 15 is 0 Å². The van der Waals surface area contributed by atoms with E-state index < -0.39 is 10.1 Å². The summed E-state index contributed by atoms with van der Waals surface area (Å²) in [5, 5.41) is 0. The molecule has 0 unspecified atom stereocenters. The number of aldehydes is 1. The van der Waals surface area contributed by atoms with Crippen LogP contribution in [0.2, 0.25) is 0 Å². The van der Waals surface area contributed by atoms with Crippen molar-refractivity contribution < 1.29 is 17.4 Å². The molecule has 0 aromatic rings. The topological polar surface area (TPSA) is 60.4 Å². The van der Waals surface area contributed by atoms with Crippen LogP contribution in [-0.4, -0.2) is 27.6 Å². The van der Waals surface area contributed by atoms with E-state index in [1.165, 1.54) is 0 Å². The van der Waals surface area contributed by atoms with Crippen LogP contribution >= 0.6 is 0 Å². The highest BCUT2D eigenvalue weighted by Crippen LogP contribution is 1.98. The second-order valence-electron chi connectivity index (χ2n) is 2.09. The van der Waals surface area contributed by atoms with E-state index in [0.29, 0.717) is 19.3 Å². The molecule has 0 spiro atoms. The Morgan fingerprint density at radius 3 is 2.45 bits per heavy atom. The van der Waals surface area contributed by atoms with Crippen molar-refractivity contribution in [3.8, 4) is 0 Å². The molecule has 0 aromatic heterocycles.